The molecule has 0 aliphatic carbocycles. The third kappa shape index (κ3) is 4.03. The minimum atomic E-state index is 0.139. The van der Waals surface area contributed by atoms with E-state index in [9.17, 15) is 4.79 Å². The Morgan fingerprint density at radius 3 is 2.94 bits per heavy atom. The second-order valence-corrected chi connectivity index (χ2v) is 5.56. The Morgan fingerprint density at radius 2 is 2.22 bits per heavy atom. The lowest BCUT2D eigenvalue weighted by Gasteiger charge is -2.21. The van der Waals surface area contributed by atoms with Crippen molar-refractivity contribution in [1.82, 2.24) is 5.32 Å². The van der Waals surface area contributed by atoms with Gasteiger partial charge >= 0.3 is 0 Å². The van der Waals surface area contributed by atoms with E-state index in [1.54, 1.807) is 11.8 Å². The first kappa shape index (κ1) is 13.4. The average Bonchev–Trinajstić information content (AvgIpc) is 2.40. The summed E-state index contributed by atoms with van der Waals surface area (Å²) in [5.41, 5.74) is 0.904. The predicted octanol–water partition coefficient (Wildman–Crippen LogP) is 2.74. The smallest absolute Gasteiger partial charge is 0.224 e. The molecule has 0 radical (unpaired) electrons. The lowest BCUT2D eigenvalue weighted by atomic mass is 9.94. The summed E-state index contributed by atoms with van der Waals surface area (Å²) in [7, 11) is 0. The van der Waals surface area contributed by atoms with Crippen LogP contribution in [0.4, 0.5) is 5.69 Å². The zero-order chi connectivity index (χ0) is 12.8. The number of carbonyl (C=O) groups is 1. The highest BCUT2D eigenvalue weighted by molar-refractivity contribution is 7.98. The molecule has 2 rings (SSSR count). The highest BCUT2D eigenvalue weighted by Crippen LogP contribution is 2.20. The largest absolute Gasteiger partial charge is 0.326 e. The third-order valence-electron chi connectivity index (χ3n) is 3.29. The number of piperidine rings is 1. The molecule has 0 aromatic heterocycles. The van der Waals surface area contributed by atoms with E-state index in [0.29, 0.717) is 12.3 Å². The first-order chi connectivity index (χ1) is 8.78. The van der Waals surface area contributed by atoms with Gasteiger partial charge in [-0.1, -0.05) is 6.07 Å². The summed E-state index contributed by atoms with van der Waals surface area (Å²) < 4.78 is 0. The molecule has 1 aliphatic heterocycles. The fourth-order valence-corrected chi connectivity index (χ4v) is 2.72. The van der Waals surface area contributed by atoms with Crippen molar-refractivity contribution in [1.29, 1.82) is 0 Å². The molecule has 4 heteroatoms. The van der Waals surface area contributed by atoms with Crippen molar-refractivity contribution < 1.29 is 4.79 Å². The molecule has 1 saturated heterocycles. The fraction of sp³-hybridized carbons (Fsp3) is 0.500. The molecule has 98 valence electrons. The summed E-state index contributed by atoms with van der Waals surface area (Å²) >= 11 is 1.69. The van der Waals surface area contributed by atoms with E-state index in [1.165, 1.54) is 4.90 Å². The van der Waals surface area contributed by atoms with Crippen molar-refractivity contribution in [3.63, 3.8) is 0 Å². The molecular weight excluding hydrogens is 244 g/mol. The van der Waals surface area contributed by atoms with Crippen LogP contribution in [0.15, 0.2) is 29.2 Å². The van der Waals surface area contributed by atoms with Crippen molar-refractivity contribution in [2.45, 2.75) is 24.2 Å². The predicted molar refractivity (Wildman–Crippen MR) is 77.1 cm³/mol. The van der Waals surface area contributed by atoms with E-state index in [1.807, 2.05) is 30.5 Å². The Hall–Kier alpha value is -1.00. The van der Waals surface area contributed by atoms with E-state index >= 15 is 0 Å². The molecule has 1 heterocycles. The number of anilines is 1. The molecule has 1 aromatic rings. The zero-order valence-corrected chi connectivity index (χ0v) is 11.6. The minimum Gasteiger partial charge on any atom is -0.326 e. The summed E-state index contributed by atoms with van der Waals surface area (Å²) in [6.45, 7) is 2.08. The van der Waals surface area contributed by atoms with Crippen LogP contribution in [0, 0.1) is 5.92 Å². The van der Waals surface area contributed by atoms with Gasteiger partial charge in [0.05, 0.1) is 0 Å². The van der Waals surface area contributed by atoms with Crippen LogP contribution in [0.1, 0.15) is 19.3 Å². The second kappa shape index (κ2) is 6.81. The molecule has 0 saturated carbocycles. The van der Waals surface area contributed by atoms with Gasteiger partial charge in [0.2, 0.25) is 5.91 Å². The Bertz CT molecular complexity index is 403. The van der Waals surface area contributed by atoms with Crippen LogP contribution < -0.4 is 10.6 Å². The summed E-state index contributed by atoms with van der Waals surface area (Å²) in [4.78, 5) is 13.1. The minimum absolute atomic E-state index is 0.139. The molecule has 0 unspecified atom stereocenters. The maximum absolute atomic E-state index is 11.9. The van der Waals surface area contributed by atoms with Crippen molar-refractivity contribution in [2.24, 2.45) is 5.92 Å². The number of thioether (sulfide) groups is 1. The van der Waals surface area contributed by atoms with Gasteiger partial charge in [-0.3, -0.25) is 4.79 Å². The lowest BCUT2D eigenvalue weighted by molar-refractivity contribution is -0.117. The SMILES string of the molecule is CSc1cccc(NC(=O)CC2CCNCC2)c1. The quantitative estimate of drug-likeness (QED) is 0.822. The summed E-state index contributed by atoms with van der Waals surface area (Å²) in [5, 5.41) is 6.31. The fourth-order valence-electron chi connectivity index (χ4n) is 2.26. The molecule has 0 spiro atoms. The number of rotatable bonds is 4. The van der Waals surface area contributed by atoms with Gasteiger partial charge in [-0.05, 0) is 56.3 Å². The van der Waals surface area contributed by atoms with Gasteiger partial charge in [-0.15, -0.1) is 11.8 Å². The van der Waals surface area contributed by atoms with Crippen LogP contribution >= 0.6 is 11.8 Å². The van der Waals surface area contributed by atoms with E-state index in [0.717, 1.165) is 31.6 Å². The van der Waals surface area contributed by atoms with Crippen molar-refractivity contribution in [3.8, 4) is 0 Å². The Kier molecular flexibility index (Phi) is 5.08. The van der Waals surface area contributed by atoms with E-state index in [4.69, 9.17) is 0 Å². The molecule has 2 N–H and O–H groups in total. The molecule has 0 atom stereocenters. The van der Waals surface area contributed by atoms with Crippen LogP contribution in [0.25, 0.3) is 0 Å². The second-order valence-electron chi connectivity index (χ2n) is 4.68. The number of carbonyl (C=O) groups excluding carboxylic acids is 1. The van der Waals surface area contributed by atoms with Crippen molar-refractivity contribution in [2.75, 3.05) is 24.7 Å². The molecule has 1 fully saturated rings. The highest BCUT2D eigenvalue weighted by Gasteiger charge is 2.16. The van der Waals surface area contributed by atoms with E-state index in [-0.39, 0.29) is 5.91 Å². The summed E-state index contributed by atoms with van der Waals surface area (Å²) in [5.74, 6) is 0.676. The number of hydrogen-bond acceptors (Lipinski definition) is 3. The molecule has 1 amide bonds. The maximum Gasteiger partial charge on any atom is 0.224 e. The average molecular weight is 264 g/mol. The third-order valence-corrected chi connectivity index (χ3v) is 4.01. The summed E-state index contributed by atoms with van der Waals surface area (Å²) in [6, 6.07) is 7.99. The van der Waals surface area contributed by atoms with Crippen LogP contribution in [-0.2, 0) is 4.79 Å². The van der Waals surface area contributed by atoms with Gasteiger partial charge in [0, 0.05) is 17.0 Å². The Labute approximate surface area is 113 Å². The number of nitrogens with one attached hydrogen (secondary N) is 2. The van der Waals surface area contributed by atoms with Gasteiger partial charge in [-0.25, -0.2) is 0 Å². The molecule has 1 aliphatic rings. The highest BCUT2D eigenvalue weighted by atomic mass is 32.2. The van der Waals surface area contributed by atoms with E-state index in [2.05, 4.69) is 10.6 Å². The van der Waals surface area contributed by atoms with Gasteiger partial charge in [0.15, 0.2) is 0 Å². The van der Waals surface area contributed by atoms with Crippen molar-refractivity contribution >= 4 is 23.4 Å². The number of hydrogen-bond donors (Lipinski definition) is 2. The molecule has 18 heavy (non-hydrogen) atoms. The standard InChI is InChI=1S/C14H20N2OS/c1-18-13-4-2-3-12(10-13)16-14(17)9-11-5-7-15-8-6-11/h2-4,10-11,15H,5-9H2,1H3,(H,16,17). The van der Waals surface area contributed by atoms with Crippen LogP contribution in [0.2, 0.25) is 0 Å². The number of benzene rings is 1. The van der Waals surface area contributed by atoms with Gasteiger partial charge in [0.1, 0.15) is 0 Å². The zero-order valence-electron chi connectivity index (χ0n) is 10.7. The molecular formula is C14H20N2OS. The van der Waals surface area contributed by atoms with Crippen LogP contribution in [-0.4, -0.2) is 25.3 Å². The lowest BCUT2D eigenvalue weighted by Crippen LogP contribution is -2.30. The van der Waals surface area contributed by atoms with Crippen molar-refractivity contribution in [3.05, 3.63) is 24.3 Å². The topological polar surface area (TPSA) is 41.1 Å². The molecule has 3 nitrogen and oxygen atoms in total. The normalized spacial score (nSPS) is 16.5. The van der Waals surface area contributed by atoms with Crippen LogP contribution in [0.5, 0.6) is 0 Å². The Balaban J connectivity index is 1.85. The molecule has 1 aromatic carbocycles. The van der Waals surface area contributed by atoms with E-state index < -0.39 is 0 Å². The van der Waals surface area contributed by atoms with Gasteiger partial charge in [0.25, 0.3) is 0 Å². The maximum atomic E-state index is 11.9. The Morgan fingerprint density at radius 1 is 1.44 bits per heavy atom. The summed E-state index contributed by atoms with van der Waals surface area (Å²) in [6.07, 6.45) is 4.90. The first-order valence-electron chi connectivity index (χ1n) is 6.42. The van der Waals surface area contributed by atoms with Crippen LogP contribution in [0.3, 0.4) is 0 Å². The molecule has 0 bridgehead atoms. The number of amides is 1. The first-order valence-corrected chi connectivity index (χ1v) is 7.65. The monoisotopic (exact) mass is 264 g/mol. The van der Waals surface area contributed by atoms with Gasteiger partial charge in [-0.2, -0.15) is 0 Å². The van der Waals surface area contributed by atoms with Gasteiger partial charge < -0.3 is 10.6 Å².